The maximum Gasteiger partial charge on any atom is 0.442 e. The summed E-state index contributed by atoms with van der Waals surface area (Å²) in [7, 11) is -4.38. The average molecular weight is 227 g/mol. The Morgan fingerprint density at radius 2 is 1.93 bits per heavy atom. The molecule has 1 aliphatic heterocycles. The fourth-order valence-corrected chi connectivity index (χ4v) is 1.25. The molecular formula is C6H10FNO5S. The summed E-state index contributed by atoms with van der Waals surface area (Å²) in [5.41, 5.74) is 0. The molecule has 0 aromatic heterocycles. The first-order valence-corrected chi connectivity index (χ1v) is 5.56. The molecule has 0 unspecified atom stereocenters. The van der Waals surface area contributed by atoms with Gasteiger partial charge in [0.2, 0.25) is 6.01 Å². The van der Waals surface area contributed by atoms with Gasteiger partial charge in [-0.3, -0.25) is 4.89 Å². The minimum Gasteiger partial charge on any atom is -0.306 e. The molecule has 14 heavy (non-hydrogen) atoms. The third kappa shape index (κ3) is 3.11. The molecule has 0 N–H and O–H groups in total. The van der Waals surface area contributed by atoms with Gasteiger partial charge in [0.15, 0.2) is 0 Å². The molecule has 1 aliphatic rings. The molecule has 0 saturated carbocycles. The molecule has 1 amide bonds. The average Bonchev–Trinajstić information content (AvgIpc) is 2.67. The summed E-state index contributed by atoms with van der Waals surface area (Å²) in [6.07, 6.45) is 0.773. The maximum absolute atomic E-state index is 11.7. The molecule has 6 nitrogen and oxygen atoms in total. The van der Waals surface area contributed by atoms with Gasteiger partial charge in [0, 0.05) is 13.1 Å². The molecule has 0 radical (unpaired) electrons. The van der Waals surface area contributed by atoms with Crippen molar-refractivity contribution < 1.29 is 26.8 Å². The SMILES string of the molecule is O=C(OOS(=O)(=O)CF)N1CCCC1. The van der Waals surface area contributed by atoms with Crippen LogP contribution in [0, 0.1) is 0 Å². The summed E-state index contributed by atoms with van der Waals surface area (Å²) in [6.45, 7) is 0.996. The zero-order valence-corrected chi connectivity index (χ0v) is 8.13. The predicted octanol–water partition coefficient (Wildman–Crippen LogP) is 0.407. The zero-order valence-electron chi connectivity index (χ0n) is 7.31. The van der Waals surface area contributed by atoms with Crippen LogP contribution in [-0.4, -0.2) is 38.5 Å². The van der Waals surface area contributed by atoms with E-state index in [2.05, 4.69) is 9.22 Å². The third-order valence-corrected chi connectivity index (χ3v) is 2.25. The molecule has 0 aromatic carbocycles. The third-order valence-electron chi connectivity index (χ3n) is 1.71. The van der Waals surface area contributed by atoms with Crippen molar-refractivity contribution in [2.75, 3.05) is 19.1 Å². The van der Waals surface area contributed by atoms with Gasteiger partial charge in [-0.05, 0) is 17.2 Å². The van der Waals surface area contributed by atoms with E-state index in [1.54, 1.807) is 0 Å². The van der Waals surface area contributed by atoms with Gasteiger partial charge in [0.05, 0.1) is 0 Å². The Hall–Kier alpha value is -0.890. The molecule has 1 rings (SSSR count). The quantitative estimate of drug-likeness (QED) is 0.515. The van der Waals surface area contributed by atoms with E-state index >= 15 is 0 Å². The summed E-state index contributed by atoms with van der Waals surface area (Å²) < 4.78 is 36.2. The number of hydrogen-bond acceptors (Lipinski definition) is 5. The molecule has 0 aromatic rings. The molecule has 0 atom stereocenters. The van der Waals surface area contributed by atoms with Gasteiger partial charge in [-0.15, -0.1) is 0 Å². The number of nitrogens with zero attached hydrogens (tertiary/aromatic N) is 1. The number of halogens is 1. The fourth-order valence-electron chi connectivity index (χ4n) is 1.05. The van der Waals surface area contributed by atoms with Gasteiger partial charge < -0.3 is 4.90 Å². The Morgan fingerprint density at radius 1 is 1.36 bits per heavy atom. The first-order valence-electron chi connectivity index (χ1n) is 3.99. The van der Waals surface area contributed by atoms with Crippen LogP contribution in [-0.2, 0) is 19.3 Å². The highest BCUT2D eigenvalue weighted by molar-refractivity contribution is 7.86. The lowest BCUT2D eigenvalue weighted by Gasteiger charge is -2.12. The second kappa shape index (κ2) is 4.56. The highest BCUT2D eigenvalue weighted by Crippen LogP contribution is 2.09. The number of carbonyl (C=O) groups is 1. The number of amides is 1. The van der Waals surface area contributed by atoms with E-state index in [0.29, 0.717) is 13.1 Å². The Bertz CT molecular complexity index is 297. The normalized spacial score (nSPS) is 17.1. The Morgan fingerprint density at radius 3 is 2.43 bits per heavy atom. The van der Waals surface area contributed by atoms with Gasteiger partial charge >= 0.3 is 16.2 Å². The number of rotatable bonds is 3. The van der Waals surface area contributed by atoms with E-state index in [-0.39, 0.29) is 0 Å². The monoisotopic (exact) mass is 227 g/mol. The molecular weight excluding hydrogens is 217 g/mol. The highest BCUT2D eigenvalue weighted by Gasteiger charge is 2.22. The van der Waals surface area contributed by atoms with Gasteiger partial charge in [0.25, 0.3) is 0 Å². The smallest absolute Gasteiger partial charge is 0.306 e. The predicted molar refractivity (Wildman–Crippen MR) is 43.3 cm³/mol. The number of likely N-dealkylation sites (tertiary alicyclic amines) is 1. The van der Waals surface area contributed by atoms with E-state index in [0.717, 1.165) is 12.8 Å². The minimum atomic E-state index is -4.38. The lowest BCUT2D eigenvalue weighted by molar-refractivity contribution is -0.147. The van der Waals surface area contributed by atoms with Crippen LogP contribution < -0.4 is 0 Å². The van der Waals surface area contributed by atoms with Crippen molar-refractivity contribution in [1.82, 2.24) is 4.90 Å². The summed E-state index contributed by atoms with van der Waals surface area (Å²) in [6, 6.07) is -1.72. The molecule has 0 aliphatic carbocycles. The van der Waals surface area contributed by atoms with Crippen molar-refractivity contribution >= 4 is 16.2 Å². The van der Waals surface area contributed by atoms with Crippen LogP contribution in [0.15, 0.2) is 0 Å². The second-order valence-electron chi connectivity index (χ2n) is 2.78. The Kier molecular flexibility index (Phi) is 3.64. The number of hydrogen-bond donors (Lipinski definition) is 0. The first-order chi connectivity index (χ1) is 6.55. The van der Waals surface area contributed by atoms with Crippen LogP contribution in [0.4, 0.5) is 9.18 Å². The summed E-state index contributed by atoms with van der Waals surface area (Å²) in [5, 5.41) is 0. The molecule has 1 saturated heterocycles. The zero-order chi connectivity index (χ0) is 10.6. The first kappa shape index (κ1) is 11.2. The molecule has 1 heterocycles. The van der Waals surface area contributed by atoms with Crippen LogP contribution in [0.1, 0.15) is 12.8 Å². The van der Waals surface area contributed by atoms with E-state index in [1.807, 2.05) is 0 Å². The van der Waals surface area contributed by atoms with Gasteiger partial charge in [-0.1, -0.05) is 0 Å². The second-order valence-corrected chi connectivity index (χ2v) is 4.25. The summed E-state index contributed by atoms with van der Waals surface area (Å²) in [5.74, 6) is 0. The van der Waals surface area contributed by atoms with E-state index < -0.39 is 22.2 Å². The van der Waals surface area contributed by atoms with Crippen molar-refractivity contribution in [3.8, 4) is 0 Å². The van der Waals surface area contributed by atoms with Crippen molar-refractivity contribution in [1.29, 1.82) is 0 Å². The van der Waals surface area contributed by atoms with Gasteiger partial charge in [-0.2, -0.15) is 8.42 Å². The highest BCUT2D eigenvalue weighted by atomic mass is 32.2. The van der Waals surface area contributed by atoms with Crippen molar-refractivity contribution in [2.45, 2.75) is 12.8 Å². The van der Waals surface area contributed by atoms with E-state index in [4.69, 9.17) is 0 Å². The molecule has 0 spiro atoms. The minimum absolute atomic E-state index is 0.498. The summed E-state index contributed by atoms with van der Waals surface area (Å²) in [4.78, 5) is 16.2. The van der Waals surface area contributed by atoms with Crippen molar-refractivity contribution in [3.63, 3.8) is 0 Å². The van der Waals surface area contributed by atoms with Crippen molar-refractivity contribution in [3.05, 3.63) is 0 Å². The van der Waals surface area contributed by atoms with Gasteiger partial charge in [-0.25, -0.2) is 9.18 Å². The lowest BCUT2D eigenvalue weighted by atomic mass is 10.4. The Balaban J connectivity index is 2.34. The van der Waals surface area contributed by atoms with Gasteiger partial charge in [0.1, 0.15) is 0 Å². The van der Waals surface area contributed by atoms with Crippen molar-refractivity contribution in [2.24, 2.45) is 0 Å². The molecule has 1 fully saturated rings. The molecule has 8 heteroatoms. The van der Waals surface area contributed by atoms with E-state index in [9.17, 15) is 17.6 Å². The molecule has 82 valence electrons. The number of carbonyl (C=O) groups excluding carboxylic acids is 1. The van der Waals surface area contributed by atoms with E-state index in [1.165, 1.54) is 4.90 Å². The van der Waals surface area contributed by atoms with Crippen LogP contribution in [0.5, 0.6) is 0 Å². The summed E-state index contributed by atoms with van der Waals surface area (Å²) >= 11 is 0. The van der Waals surface area contributed by atoms with Crippen LogP contribution in [0.25, 0.3) is 0 Å². The largest absolute Gasteiger partial charge is 0.442 e. The topological polar surface area (TPSA) is 72.9 Å². The molecule has 0 bridgehead atoms. The van der Waals surface area contributed by atoms with Crippen LogP contribution in [0.2, 0.25) is 0 Å². The number of alkyl halides is 1. The fraction of sp³-hybridized carbons (Fsp3) is 0.833. The maximum atomic E-state index is 11.7. The van der Waals surface area contributed by atoms with Crippen LogP contribution >= 0.6 is 0 Å². The van der Waals surface area contributed by atoms with Crippen LogP contribution in [0.3, 0.4) is 0 Å². The lowest BCUT2D eigenvalue weighted by Crippen LogP contribution is -2.29. The Labute approximate surface area is 80.6 Å². The standard InChI is InChI=1S/C6H10FNO5S/c7-5-14(10,11)13-12-6(9)8-3-1-2-4-8/h1-5H2.